The third kappa shape index (κ3) is 4.27. The van der Waals surface area contributed by atoms with E-state index in [4.69, 9.17) is 16.0 Å². The fourth-order valence-corrected chi connectivity index (χ4v) is 2.74. The van der Waals surface area contributed by atoms with E-state index in [9.17, 15) is 4.79 Å². The summed E-state index contributed by atoms with van der Waals surface area (Å²) in [7, 11) is 0. The molecule has 0 unspecified atom stereocenters. The minimum Gasteiger partial charge on any atom is -0.421 e. The largest absolute Gasteiger partial charge is 0.421 e. The zero-order chi connectivity index (χ0) is 19.3. The van der Waals surface area contributed by atoms with Gasteiger partial charge in [0.25, 0.3) is 0 Å². The topological polar surface area (TPSA) is 92.9 Å². The number of benzene rings is 2. The molecule has 0 fully saturated rings. The number of nitrogens with zero attached hydrogens (tertiary/aromatic N) is 3. The van der Waals surface area contributed by atoms with Crippen LogP contribution < -0.4 is 10.9 Å². The molecule has 2 aromatic carbocycles. The van der Waals surface area contributed by atoms with Crippen molar-refractivity contribution in [1.82, 2.24) is 20.6 Å². The number of aromatic nitrogens is 3. The summed E-state index contributed by atoms with van der Waals surface area (Å²) < 4.78 is 5.59. The number of carbonyl (C=O) groups is 1. The van der Waals surface area contributed by atoms with Crippen molar-refractivity contribution in [2.75, 3.05) is 5.43 Å². The molecule has 140 valence electrons. The van der Waals surface area contributed by atoms with Gasteiger partial charge in [0, 0.05) is 28.8 Å². The van der Waals surface area contributed by atoms with Crippen molar-refractivity contribution in [1.29, 1.82) is 0 Å². The van der Waals surface area contributed by atoms with Gasteiger partial charge in [-0.3, -0.25) is 15.6 Å². The van der Waals surface area contributed by atoms with E-state index in [2.05, 4.69) is 26.0 Å². The molecule has 2 aromatic heterocycles. The van der Waals surface area contributed by atoms with E-state index in [0.29, 0.717) is 29.0 Å². The Morgan fingerprint density at radius 1 is 1.00 bits per heavy atom. The van der Waals surface area contributed by atoms with E-state index >= 15 is 0 Å². The van der Waals surface area contributed by atoms with Gasteiger partial charge in [0.15, 0.2) is 0 Å². The van der Waals surface area contributed by atoms with Gasteiger partial charge in [-0.2, -0.15) is 0 Å². The first kappa shape index (κ1) is 17.9. The first-order valence-corrected chi connectivity index (χ1v) is 9.04. The highest BCUT2D eigenvalue weighted by molar-refractivity contribution is 6.30. The zero-order valence-corrected chi connectivity index (χ0v) is 15.5. The molecule has 0 aliphatic heterocycles. The number of rotatable bonds is 6. The molecule has 0 aliphatic carbocycles. The van der Waals surface area contributed by atoms with Crippen LogP contribution in [0.4, 0.5) is 5.82 Å². The van der Waals surface area contributed by atoms with E-state index in [1.165, 1.54) is 0 Å². The molecule has 28 heavy (non-hydrogen) atoms. The van der Waals surface area contributed by atoms with E-state index in [0.717, 1.165) is 16.5 Å². The second-order valence-electron chi connectivity index (χ2n) is 6.07. The molecular formula is C20H16ClN5O2. The number of hydrogen-bond acceptors (Lipinski definition) is 6. The third-order valence-corrected chi connectivity index (χ3v) is 4.30. The van der Waals surface area contributed by atoms with Crippen LogP contribution in [-0.4, -0.2) is 21.1 Å². The number of pyridine rings is 1. The van der Waals surface area contributed by atoms with Gasteiger partial charge in [0.05, 0.1) is 5.52 Å². The van der Waals surface area contributed by atoms with Gasteiger partial charge in [-0.15, -0.1) is 10.2 Å². The summed E-state index contributed by atoms with van der Waals surface area (Å²) in [6.45, 7) is 0. The first-order chi connectivity index (χ1) is 13.7. The molecule has 1 amide bonds. The SMILES string of the molecule is O=C(CCc1nnc(-c2ccc(Cl)cc2)o1)NNc1ccc2ccccc2n1. The predicted octanol–water partition coefficient (Wildman–Crippen LogP) is 4.01. The number of halogens is 1. The van der Waals surface area contributed by atoms with Crippen LogP contribution in [0.25, 0.3) is 22.4 Å². The van der Waals surface area contributed by atoms with E-state index in [1.807, 2.05) is 30.3 Å². The number of hydrazine groups is 1. The highest BCUT2D eigenvalue weighted by Crippen LogP contribution is 2.20. The molecule has 4 aromatic rings. The van der Waals surface area contributed by atoms with Gasteiger partial charge in [-0.1, -0.05) is 29.8 Å². The highest BCUT2D eigenvalue weighted by atomic mass is 35.5. The smallest absolute Gasteiger partial charge is 0.247 e. The number of anilines is 1. The van der Waals surface area contributed by atoms with Gasteiger partial charge in [0.2, 0.25) is 17.7 Å². The van der Waals surface area contributed by atoms with Crippen molar-refractivity contribution >= 4 is 34.2 Å². The summed E-state index contributed by atoms with van der Waals surface area (Å²) in [6.07, 6.45) is 0.530. The minimum atomic E-state index is -0.207. The van der Waals surface area contributed by atoms with Crippen molar-refractivity contribution in [3.05, 3.63) is 71.6 Å². The summed E-state index contributed by atoms with van der Waals surface area (Å²) >= 11 is 5.87. The number of carbonyl (C=O) groups excluding carboxylic acids is 1. The molecule has 0 saturated carbocycles. The van der Waals surface area contributed by atoms with E-state index in [-0.39, 0.29) is 12.3 Å². The lowest BCUT2D eigenvalue weighted by atomic mass is 10.2. The standard InChI is InChI=1S/C20H16ClN5O2/c21-15-8-5-14(6-9-15)20-26-25-19(28-20)12-11-18(27)24-23-17-10-7-13-3-1-2-4-16(13)22-17/h1-10H,11-12H2,(H,22,23)(H,24,27). The number of fused-ring (bicyclic) bond motifs is 1. The number of hydrogen-bond donors (Lipinski definition) is 2. The quantitative estimate of drug-likeness (QED) is 0.481. The second-order valence-corrected chi connectivity index (χ2v) is 6.51. The van der Waals surface area contributed by atoms with E-state index < -0.39 is 0 Å². The number of para-hydroxylation sites is 1. The molecule has 0 saturated heterocycles. The van der Waals surface area contributed by atoms with Crippen molar-refractivity contribution in [2.45, 2.75) is 12.8 Å². The van der Waals surface area contributed by atoms with Crippen molar-refractivity contribution in [3.8, 4) is 11.5 Å². The summed E-state index contributed by atoms with van der Waals surface area (Å²) in [5, 5.41) is 9.64. The molecule has 0 spiro atoms. The zero-order valence-electron chi connectivity index (χ0n) is 14.7. The van der Waals surface area contributed by atoms with Gasteiger partial charge in [-0.05, 0) is 42.5 Å². The Labute approximate surface area is 165 Å². The van der Waals surface area contributed by atoms with Gasteiger partial charge in [-0.25, -0.2) is 4.98 Å². The lowest BCUT2D eigenvalue weighted by molar-refractivity contribution is -0.120. The Morgan fingerprint density at radius 3 is 2.68 bits per heavy atom. The number of aryl methyl sites for hydroxylation is 1. The van der Waals surface area contributed by atoms with Crippen LogP contribution in [0.5, 0.6) is 0 Å². The van der Waals surface area contributed by atoms with Crippen molar-refractivity contribution < 1.29 is 9.21 Å². The van der Waals surface area contributed by atoms with Crippen molar-refractivity contribution in [3.63, 3.8) is 0 Å². The lowest BCUT2D eigenvalue weighted by Crippen LogP contribution is -2.29. The third-order valence-electron chi connectivity index (χ3n) is 4.05. The Hall–Kier alpha value is -3.45. The summed E-state index contributed by atoms with van der Waals surface area (Å²) in [5.41, 5.74) is 7.07. The summed E-state index contributed by atoms with van der Waals surface area (Å²) in [4.78, 5) is 16.5. The van der Waals surface area contributed by atoms with Crippen LogP contribution in [0.1, 0.15) is 12.3 Å². The van der Waals surface area contributed by atoms with Gasteiger partial charge in [0.1, 0.15) is 5.82 Å². The Bertz CT molecular complexity index is 1110. The monoisotopic (exact) mass is 393 g/mol. The van der Waals surface area contributed by atoms with Gasteiger partial charge < -0.3 is 4.42 Å². The average Bonchev–Trinajstić information content (AvgIpc) is 3.20. The van der Waals surface area contributed by atoms with Crippen LogP contribution >= 0.6 is 11.6 Å². The molecule has 2 N–H and O–H groups in total. The molecule has 0 aliphatic rings. The normalized spacial score (nSPS) is 10.8. The Balaban J connectivity index is 1.30. The maximum Gasteiger partial charge on any atom is 0.247 e. The molecule has 8 heteroatoms. The Kier molecular flexibility index (Phi) is 5.16. The molecule has 0 atom stereocenters. The van der Waals surface area contributed by atoms with Crippen LogP contribution in [0.2, 0.25) is 5.02 Å². The second kappa shape index (κ2) is 8.06. The lowest BCUT2D eigenvalue weighted by Gasteiger charge is -2.08. The molecule has 0 radical (unpaired) electrons. The van der Waals surface area contributed by atoms with Crippen LogP contribution in [-0.2, 0) is 11.2 Å². The van der Waals surface area contributed by atoms with Gasteiger partial charge >= 0.3 is 0 Å². The van der Waals surface area contributed by atoms with Crippen LogP contribution in [0, 0.1) is 0 Å². The fraction of sp³-hybridized carbons (Fsp3) is 0.100. The molecule has 2 heterocycles. The first-order valence-electron chi connectivity index (χ1n) is 8.66. The minimum absolute atomic E-state index is 0.197. The summed E-state index contributed by atoms with van der Waals surface area (Å²) in [6, 6.07) is 18.6. The maximum atomic E-state index is 12.1. The average molecular weight is 394 g/mol. The van der Waals surface area contributed by atoms with Crippen LogP contribution in [0.15, 0.2) is 65.1 Å². The van der Waals surface area contributed by atoms with Crippen LogP contribution in [0.3, 0.4) is 0 Å². The summed E-state index contributed by atoms with van der Waals surface area (Å²) in [5.74, 6) is 1.14. The molecule has 4 rings (SSSR count). The van der Waals surface area contributed by atoms with E-state index in [1.54, 1.807) is 30.3 Å². The fourth-order valence-electron chi connectivity index (χ4n) is 2.62. The highest BCUT2D eigenvalue weighted by Gasteiger charge is 2.10. The number of amides is 1. The number of nitrogens with one attached hydrogen (secondary N) is 2. The molecular weight excluding hydrogens is 378 g/mol. The molecule has 0 bridgehead atoms. The molecule has 7 nitrogen and oxygen atoms in total. The Morgan fingerprint density at radius 2 is 1.82 bits per heavy atom. The predicted molar refractivity (Wildman–Crippen MR) is 107 cm³/mol. The van der Waals surface area contributed by atoms with Crippen molar-refractivity contribution in [2.24, 2.45) is 0 Å². The maximum absolute atomic E-state index is 12.1.